The lowest BCUT2D eigenvalue weighted by molar-refractivity contribution is -0.122. The molecule has 0 radical (unpaired) electrons. The zero-order chi connectivity index (χ0) is 14.0. The van der Waals surface area contributed by atoms with Gasteiger partial charge < -0.3 is 10.6 Å². The van der Waals surface area contributed by atoms with E-state index in [4.69, 9.17) is 12.2 Å². The van der Waals surface area contributed by atoms with E-state index in [9.17, 15) is 9.59 Å². The van der Waals surface area contributed by atoms with E-state index in [0.717, 1.165) is 16.8 Å². The summed E-state index contributed by atoms with van der Waals surface area (Å²) in [6.07, 6.45) is 0.129. The van der Waals surface area contributed by atoms with E-state index in [1.165, 1.54) is 11.8 Å². The van der Waals surface area contributed by atoms with E-state index in [0.29, 0.717) is 4.32 Å². The molecule has 2 rings (SSSR count). The summed E-state index contributed by atoms with van der Waals surface area (Å²) < 4.78 is 0.439. The Morgan fingerprint density at radius 1 is 1.47 bits per heavy atom. The molecule has 2 amide bonds. The van der Waals surface area contributed by atoms with Crippen molar-refractivity contribution in [1.82, 2.24) is 5.32 Å². The predicted octanol–water partition coefficient (Wildman–Crippen LogP) is 2.15. The second kappa shape index (κ2) is 5.71. The van der Waals surface area contributed by atoms with Gasteiger partial charge in [-0.25, -0.2) is 0 Å². The Hall–Kier alpha value is -1.40. The lowest BCUT2D eigenvalue weighted by Gasteiger charge is -2.11. The molecular formula is C13H14N2O2S2. The van der Waals surface area contributed by atoms with Crippen molar-refractivity contribution in [2.75, 3.05) is 5.32 Å². The van der Waals surface area contributed by atoms with Gasteiger partial charge in [0.1, 0.15) is 4.32 Å². The number of benzene rings is 1. The molecule has 6 heteroatoms. The van der Waals surface area contributed by atoms with E-state index < -0.39 is 5.25 Å². The highest BCUT2D eigenvalue weighted by atomic mass is 32.2. The Morgan fingerprint density at radius 2 is 2.21 bits per heavy atom. The van der Waals surface area contributed by atoms with Crippen molar-refractivity contribution in [3.63, 3.8) is 0 Å². The first-order chi connectivity index (χ1) is 8.97. The van der Waals surface area contributed by atoms with E-state index in [1.54, 1.807) is 0 Å². The number of amides is 2. The normalized spacial score (nSPS) is 18.3. The Kier molecular flexibility index (Phi) is 4.21. The molecule has 1 aliphatic heterocycles. The molecule has 19 heavy (non-hydrogen) atoms. The summed E-state index contributed by atoms with van der Waals surface area (Å²) in [5.41, 5.74) is 2.94. The lowest BCUT2D eigenvalue weighted by atomic mass is 10.1. The van der Waals surface area contributed by atoms with Gasteiger partial charge in [-0.05, 0) is 31.0 Å². The van der Waals surface area contributed by atoms with Crippen molar-refractivity contribution < 1.29 is 9.59 Å². The molecule has 1 heterocycles. The first kappa shape index (κ1) is 14.0. The topological polar surface area (TPSA) is 58.2 Å². The Labute approximate surface area is 121 Å². The molecule has 1 saturated heterocycles. The highest BCUT2D eigenvalue weighted by molar-refractivity contribution is 8.24. The molecule has 0 bridgehead atoms. The van der Waals surface area contributed by atoms with E-state index in [1.807, 2.05) is 32.0 Å². The minimum Gasteiger partial charge on any atom is -0.326 e. The zero-order valence-corrected chi connectivity index (χ0v) is 12.3. The summed E-state index contributed by atoms with van der Waals surface area (Å²) in [5.74, 6) is -0.364. The average molecular weight is 294 g/mol. The fraction of sp³-hybridized carbons (Fsp3) is 0.308. The quantitative estimate of drug-likeness (QED) is 0.839. The molecule has 100 valence electrons. The van der Waals surface area contributed by atoms with Crippen LogP contribution in [0.3, 0.4) is 0 Å². The van der Waals surface area contributed by atoms with Gasteiger partial charge in [-0.3, -0.25) is 9.59 Å². The van der Waals surface area contributed by atoms with Gasteiger partial charge in [-0.15, -0.1) is 0 Å². The van der Waals surface area contributed by atoms with Crippen LogP contribution in [0.5, 0.6) is 0 Å². The molecule has 1 aliphatic rings. The number of aryl methyl sites for hydroxylation is 1. The molecule has 1 fully saturated rings. The first-order valence-corrected chi connectivity index (χ1v) is 7.13. The minimum absolute atomic E-state index is 0.129. The molecule has 1 atom stereocenters. The highest BCUT2D eigenvalue weighted by Gasteiger charge is 2.30. The third-order valence-corrected chi connectivity index (χ3v) is 4.39. The summed E-state index contributed by atoms with van der Waals surface area (Å²) in [6.45, 7) is 3.95. The average Bonchev–Trinajstić information content (AvgIpc) is 2.64. The zero-order valence-electron chi connectivity index (χ0n) is 10.6. The second-order valence-corrected chi connectivity index (χ2v) is 6.26. The van der Waals surface area contributed by atoms with E-state index >= 15 is 0 Å². The fourth-order valence-corrected chi connectivity index (χ4v) is 3.05. The van der Waals surface area contributed by atoms with Crippen molar-refractivity contribution >= 4 is 45.8 Å². The van der Waals surface area contributed by atoms with E-state index in [2.05, 4.69) is 10.6 Å². The molecule has 1 aromatic rings. The van der Waals surface area contributed by atoms with Crippen molar-refractivity contribution in [3.05, 3.63) is 29.3 Å². The van der Waals surface area contributed by atoms with Crippen molar-refractivity contribution in [2.24, 2.45) is 0 Å². The predicted molar refractivity (Wildman–Crippen MR) is 81.3 cm³/mol. The van der Waals surface area contributed by atoms with E-state index in [-0.39, 0.29) is 18.2 Å². The van der Waals surface area contributed by atoms with Gasteiger partial charge in [0.05, 0.1) is 5.25 Å². The van der Waals surface area contributed by atoms with Crippen molar-refractivity contribution in [3.8, 4) is 0 Å². The molecule has 0 aliphatic carbocycles. The molecule has 0 spiro atoms. The van der Waals surface area contributed by atoms with Crippen LogP contribution in [0.4, 0.5) is 5.69 Å². The molecular weight excluding hydrogens is 280 g/mol. The summed E-state index contributed by atoms with van der Waals surface area (Å²) in [7, 11) is 0. The van der Waals surface area contributed by atoms with Gasteiger partial charge in [0.2, 0.25) is 11.8 Å². The third kappa shape index (κ3) is 3.33. The first-order valence-electron chi connectivity index (χ1n) is 5.85. The summed E-state index contributed by atoms with van der Waals surface area (Å²) in [6, 6.07) is 5.74. The fourth-order valence-electron chi connectivity index (χ4n) is 1.78. The number of thiocarbonyl (C=S) groups is 1. The monoisotopic (exact) mass is 294 g/mol. The molecule has 1 aromatic carbocycles. The lowest BCUT2D eigenvalue weighted by Crippen LogP contribution is -2.27. The van der Waals surface area contributed by atoms with Crippen molar-refractivity contribution in [2.45, 2.75) is 25.5 Å². The van der Waals surface area contributed by atoms with Crippen LogP contribution in [0.2, 0.25) is 0 Å². The van der Waals surface area contributed by atoms with Crippen LogP contribution in [-0.2, 0) is 9.59 Å². The maximum atomic E-state index is 11.9. The maximum absolute atomic E-state index is 11.9. The Balaban J connectivity index is 2.00. The van der Waals surface area contributed by atoms with Crippen LogP contribution >= 0.6 is 24.0 Å². The molecule has 4 nitrogen and oxygen atoms in total. The number of carbonyl (C=O) groups is 2. The molecule has 0 aromatic heterocycles. The largest absolute Gasteiger partial charge is 0.326 e. The number of hydrogen-bond acceptors (Lipinski definition) is 4. The van der Waals surface area contributed by atoms with Gasteiger partial charge in [0.15, 0.2) is 0 Å². The standard InChI is InChI=1S/C13H14N2O2S2/c1-7-4-3-5-9(8(7)2)14-11(16)6-10-12(17)15-13(18)19-10/h3-5,10H,6H2,1-2H3,(H,14,16)(H,15,17,18). The Morgan fingerprint density at radius 3 is 2.84 bits per heavy atom. The molecule has 0 saturated carbocycles. The van der Waals surface area contributed by atoms with Crippen LogP contribution in [-0.4, -0.2) is 21.4 Å². The number of thioether (sulfide) groups is 1. The van der Waals surface area contributed by atoms with Gasteiger partial charge in [0, 0.05) is 12.1 Å². The summed E-state index contributed by atoms with van der Waals surface area (Å²) in [5, 5.41) is 4.95. The number of anilines is 1. The van der Waals surface area contributed by atoms with Gasteiger partial charge in [-0.2, -0.15) is 0 Å². The Bertz CT molecular complexity index is 558. The minimum atomic E-state index is -0.419. The van der Waals surface area contributed by atoms with Crippen LogP contribution in [0, 0.1) is 13.8 Å². The second-order valence-electron chi connectivity index (χ2n) is 4.38. The number of hydrogen-bond donors (Lipinski definition) is 2. The molecule has 1 unspecified atom stereocenters. The number of rotatable bonds is 3. The van der Waals surface area contributed by atoms with Crippen LogP contribution < -0.4 is 10.6 Å². The van der Waals surface area contributed by atoms with Crippen LogP contribution in [0.25, 0.3) is 0 Å². The SMILES string of the molecule is Cc1cccc(NC(=O)CC2SC(=S)NC2=O)c1C. The van der Waals surface area contributed by atoms with Crippen LogP contribution in [0.15, 0.2) is 18.2 Å². The number of carbonyl (C=O) groups excluding carboxylic acids is 2. The third-order valence-electron chi connectivity index (χ3n) is 3.02. The summed E-state index contributed by atoms with van der Waals surface area (Å²) >= 11 is 6.12. The summed E-state index contributed by atoms with van der Waals surface area (Å²) in [4.78, 5) is 23.4. The molecule has 2 N–H and O–H groups in total. The smallest absolute Gasteiger partial charge is 0.239 e. The van der Waals surface area contributed by atoms with Gasteiger partial charge >= 0.3 is 0 Å². The maximum Gasteiger partial charge on any atom is 0.239 e. The van der Waals surface area contributed by atoms with Gasteiger partial charge in [0.25, 0.3) is 0 Å². The van der Waals surface area contributed by atoms with Crippen molar-refractivity contribution in [1.29, 1.82) is 0 Å². The van der Waals surface area contributed by atoms with Crippen LogP contribution in [0.1, 0.15) is 17.5 Å². The number of nitrogens with one attached hydrogen (secondary N) is 2. The van der Waals surface area contributed by atoms with Gasteiger partial charge in [-0.1, -0.05) is 36.1 Å². The highest BCUT2D eigenvalue weighted by Crippen LogP contribution is 2.23.